The molecule has 0 aliphatic rings. The zero-order chi connectivity index (χ0) is 26.2. The van der Waals surface area contributed by atoms with Crippen LogP contribution >= 0.6 is 7.26 Å². The highest BCUT2D eigenvalue weighted by atomic mass is 35.5. The van der Waals surface area contributed by atoms with Gasteiger partial charge in [0.05, 0.1) is 6.42 Å². The summed E-state index contributed by atoms with van der Waals surface area (Å²) in [5, 5.41) is 6.36. The Labute approximate surface area is 236 Å². The summed E-state index contributed by atoms with van der Waals surface area (Å²) in [6.45, 7) is 0. The van der Waals surface area contributed by atoms with E-state index in [-0.39, 0.29) is 30.5 Å². The van der Waals surface area contributed by atoms with Crippen molar-refractivity contribution in [2.45, 2.75) is 12.2 Å². The van der Waals surface area contributed by atoms with Gasteiger partial charge in [0.25, 0.3) is 0 Å². The third-order valence-electron chi connectivity index (χ3n) is 6.69. The molecule has 0 aliphatic heterocycles. The predicted octanol–water partition coefficient (Wildman–Crippen LogP) is 2.55. The van der Waals surface area contributed by atoms with Gasteiger partial charge in [-0.05, 0) is 42.0 Å². The van der Waals surface area contributed by atoms with Crippen molar-refractivity contribution in [1.82, 2.24) is 5.32 Å². The molecule has 0 saturated heterocycles. The third kappa shape index (κ3) is 6.01. The lowest BCUT2D eigenvalue weighted by Crippen LogP contribution is -3.00. The number of hydrogen-bond donors (Lipinski definition) is 1. The Morgan fingerprint density at radius 1 is 0.538 bits per heavy atom. The molecule has 194 valence electrons. The van der Waals surface area contributed by atoms with Crippen LogP contribution in [0, 0.1) is 0 Å². The first-order valence-electron chi connectivity index (χ1n) is 12.7. The molecule has 3 nitrogen and oxygen atoms in total. The average molecular weight is 550 g/mol. The number of hydrogen-bond acceptors (Lipinski definition) is 2. The van der Waals surface area contributed by atoms with E-state index in [0.29, 0.717) is 5.56 Å². The van der Waals surface area contributed by atoms with Gasteiger partial charge < -0.3 is 17.7 Å². The summed E-state index contributed by atoms with van der Waals surface area (Å²) >= 11 is 0. The van der Waals surface area contributed by atoms with E-state index in [0.717, 1.165) is 21.5 Å². The second-order valence-corrected chi connectivity index (χ2v) is 12.6. The highest BCUT2D eigenvalue weighted by Gasteiger charge is 2.56. The summed E-state index contributed by atoms with van der Waals surface area (Å²) in [7, 11) is -2.73. The van der Waals surface area contributed by atoms with Gasteiger partial charge in [-0.1, -0.05) is 115 Å². The third-order valence-corrected chi connectivity index (χ3v) is 11.2. The highest BCUT2D eigenvalue weighted by Crippen LogP contribution is 2.59. The molecule has 5 aromatic carbocycles. The number of Topliss-reactive ketones (excluding diaryl/α,β-unsaturated/α-hetero) is 1. The van der Waals surface area contributed by atoms with E-state index in [4.69, 9.17) is 0 Å². The number of nitrogens with one attached hydrogen (secondary N) is 1. The molecule has 0 aliphatic carbocycles. The van der Waals surface area contributed by atoms with E-state index < -0.39 is 13.0 Å². The lowest BCUT2D eigenvalue weighted by molar-refractivity contribution is -0.120. The molecule has 1 amide bonds. The molecule has 0 radical (unpaired) electrons. The van der Waals surface area contributed by atoms with E-state index in [2.05, 4.69) is 41.7 Å². The van der Waals surface area contributed by atoms with Crippen LogP contribution in [0.5, 0.6) is 0 Å². The van der Waals surface area contributed by atoms with Crippen molar-refractivity contribution in [3.05, 3.63) is 163 Å². The zero-order valence-electron chi connectivity index (χ0n) is 21.4. The Balaban J connectivity index is 0.00000353. The minimum Gasteiger partial charge on any atom is -1.00 e. The van der Waals surface area contributed by atoms with Crippen molar-refractivity contribution in [3.8, 4) is 0 Å². The second-order valence-electron chi connectivity index (χ2n) is 9.09. The second kappa shape index (κ2) is 13.2. The molecule has 1 unspecified atom stereocenters. The molecule has 5 rings (SSSR count). The first-order chi connectivity index (χ1) is 18.7. The fraction of sp³-hybridized carbons (Fsp3) is 0.0588. The van der Waals surface area contributed by atoms with E-state index >= 15 is 0 Å². The smallest absolute Gasteiger partial charge is 0.227 e. The van der Waals surface area contributed by atoms with Gasteiger partial charge in [0.2, 0.25) is 17.5 Å². The van der Waals surface area contributed by atoms with Crippen LogP contribution in [-0.4, -0.2) is 17.5 Å². The maximum Gasteiger partial charge on any atom is 0.227 e. The molecule has 1 N–H and O–H groups in total. The Kier molecular flexibility index (Phi) is 9.44. The molecule has 0 saturated carbocycles. The molecule has 1 atom stereocenters. The topological polar surface area (TPSA) is 46.2 Å². The van der Waals surface area contributed by atoms with Gasteiger partial charge in [-0.2, -0.15) is 0 Å². The first kappa shape index (κ1) is 28.0. The van der Waals surface area contributed by atoms with Crippen LogP contribution in [0.25, 0.3) is 0 Å². The van der Waals surface area contributed by atoms with Crippen LogP contribution in [0.3, 0.4) is 0 Å². The summed E-state index contributed by atoms with van der Waals surface area (Å²) in [5.41, 5.74) is 1.48. The summed E-state index contributed by atoms with van der Waals surface area (Å²) in [6, 6.07) is 49.4. The maximum atomic E-state index is 14.5. The molecule has 0 aromatic heterocycles. The van der Waals surface area contributed by atoms with Crippen LogP contribution < -0.4 is 33.6 Å². The fourth-order valence-electron chi connectivity index (χ4n) is 4.97. The first-order valence-corrected chi connectivity index (χ1v) is 14.5. The largest absolute Gasteiger partial charge is 1.00 e. The number of benzene rings is 5. The predicted molar refractivity (Wildman–Crippen MR) is 158 cm³/mol. The number of halogens is 1. The number of ketones is 1. The quantitative estimate of drug-likeness (QED) is 0.227. The van der Waals surface area contributed by atoms with Gasteiger partial charge >= 0.3 is 0 Å². The lowest BCUT2D eigenvalue weighted by atomic mass is 10.1. The van der Waals surface area contributed by atoms with Crippen molar-refractivity contribution in [3.63, 3.8) is 0 Å². The maximum absolute atomic E-state index is 14.5. The molecule has 0 heterocycles. The van der Waals surface area contributed by atoms with Gasteiger partial charge in [-0.15, -0.1) is 0 Å². The van der Waals surface area contributed by atoms with E-state index in [1.807, 2.05) is 115 Å². The normalized spacial score (nSPS) is 11.6. The summed E-state index contributed by atoms with van der Waals surface area (Å²) in [5.74, 6) is -1.08. The van der Waals surface area contributed by atoms with Crippen molar-refractivity contribution >= 4 is 34.9 Å². The monoisotopic (exact) mass is 549 g/mol. The van der Waals surface area contributed by atoms with Crippen molar-refractivity contribution in [2.75, 3.05) is 0 Å². The number of carbonyl (C=O) groups excluding carboxylic acids is 2. The molecule has 0 spiro atoms. The van der Waals surface area contributed by atoms with E-state index in [9.17, 15) is 9.59 Å². The Morgan fingerprint density at radius 3 is 1.31 bits per heavy atom. The van der Waals surface area contributed by atoms with Gasteiger partial charge in [0, 0.05) is 5.56 Å². The molecular weight excluding hydrogens is 521 g/mol. The molecule has 0 fully saturated rings. The number of rotatable bonds is 9. The van der Waals surface area contributed by atoms with E-state index in [1.165, 1.54) is 0 Å². The molecular formula is C34H29ClNO2P. The van der Waals surface area contributed by atoms with Gasteiger partial charge in [0.1, 0.15) is 23.2 Å². The highest BCUT2D eigenvalue weighted by molar-refractivity contribution is 7.96. The van der Waals surface area contributed by atoms with Crippen LogP contribution in [0.4, 0.5) is 0 Å². The average Bonchev–Trinajstić information content (AvgIpc) is 2.99. The summed E-state index contributed by atoms with van der Waals surface area (Å²) in [4.78, 5) is 28.2. The molecule has 39 heavy (non-hydrogen) atoms. The molecule has 0 bridgehead atoms. The Bertz CT molecular complexity index is 1380. The fourth-order valence-corrected chi connectivity index (χ4v) is 9.52. The van der Waals surface area contributed by atoms with Crippen LogP contribution in [-0.2, 0) is 11.2 Å². The number of carbonyl (C=O) groups is 2. The van der Waals surface area contributed by atoms with Gasteiger partial charge in [0.15, 0.2) is 0 Å². The van der Waals surface area contributed by atoms with Gasteiger partial charge in [-0.3, -0.25) is 9.59 Å². The minimum atomic E-state index is -2.73. The lowest BCUT2D eigenvalue weighted by Gasteiger charge is -2.34. The van der Waals surface area contributed by atoms with E-state index in [1.54, 1.807) is 0 Å². The molecule has 5 aromatic rings. The van der Waals surface area contributed by atoms with Crippen molar-refractivity contribution < 1.29 is 22.0 Å². The van der Waals surface area contributed by atoms with Gasteiger partial charge in [-0.25, -0.2) is 0 Å². The minimum absolute atomic E-state index is 0. The zero-order valence-corrected chi connectivity index (χ0v) is 23.0. The van der Waals surface area contributed by atoms with Crippen LogP contribution in [0.2, 0.25) is 0 Å². The van der Waals surface area contributed by atoms with Crippen molar-refractivity contribution in [1.29, 1.82) is 0 Å². The SMILES string of the molecule is O=C(Cc1ccccc1)NC(C(=O)c1ccccc1)[P+](c1ccccc1)(c1ccccc1)c1ccccc1.[Cl-]. The van der Waals surface area contributed by atoms with Crippen LogP contribution in [0.15, 0.2) is 152 Å². The number of amides is 1. The Morgan fingerprint density at radius 2 is 0.897 bits per heavy atom. The standard InChI is InChI=1S/C34H28NO2P.ClH/c36-32(26-27-16-6-1-7-17-27)35-34(33(37)28-18-8-2-9-19-28)38(29-20-10-3-11-21-29,30-22-12-4-13-23-30)31-24-14-5-15-25-31;/h1-25,34H,26H2;1H. The summed E-state index contributed by atoms with van der Waals surface area (Å²) < 4.78 is 0. The van der Waals surface area contributed by atoms with Crippen molar-refractivity contribution in [2.24, 2.45) is 0 Å². The summed E-state index contributed by atoms with van der Waals surface area (Å²) in [6.07, 6.45) is 0.192. The molecule has 5 heteroatoms. The Hall–Kier alpha value is -4.04. The van der Waals surface area contributed by atoms with Crippen LogP contribution in [0.1, 0.15) is 15.9 Å².